The molecule has 1 aliphatic heterocycles. The van der Waals surface area contributed by atoms with Crippen LogP contribution >= 0.6 is 0 Å². The first kappa shape index (κ1) is 19.7. The molecule has 0 saturated carbocycles. The quantitative estimate of drug-likeness (QED) is 0.805. The number of carbonyl (C=O) groups is 2. The van der Waals surface area contributed by atoms with Gasteiger partial charge in [0.15, 0.2) is 11.5 Å². The van der Waals surface area contributed by atoms with E-state index in [1.54, 1.807) is 59.7 Å². The molecule has 0 aromatic heterocycles. The van der Waals surface area contributed by atoms with Gasteiger partial charge in [-0.2, -0.15) is 0 Å². The zero-order valence-corrected chi connectivity index (χ0v) is 16.0. The van der Waals surface area contributed by atoms with Crippen LogP contribution < -0.4 is 14.9 Å². The maximum Gasteiger partial charge on any atom is 0.429 e. The Morgan fingerprint density at radius 2 is 1.65 bits per heavy atom. The predicted octanol–water partition coefficient (Wildman–Crippen LogP) is 3.59. The Hall–Kier alpha value is -2.64. The maximum atomic E-state index is 12.5. The van der Waals surface area contributed by atoms with E-state index in [4.69, 9.17) is 18.9 Å². The van der Waals surface area contributed by atoms with Crippen LogP contribution in [0.5, 0.6) is 11.5 Å². The Morgan fingerprint density at radius 1 is 1.04 bits per heavy atom. The third-order valence-corrected chi connectivity index (χ3v) is 3.02. The lowest BCUT2D eigenvalue weighted by Gasteiger charge is -2.28. The van der Waals surface area contributed by atoms with Crippen LogP contribution in [0.1, 0.15) is 47.1 Å². The van der Waals surface area contributed by atoms with Crippen LogP contribution in [0.25, 0.3) is 0 Å². The number of ether oxygens (including phenoxy) is 4. The molecule has 1 aromatic rings. The Balaban J connectivity index is 2.14. The van der Waals surface area contributed by atoms with Gasteiger partial charge < -0.3 is 18.9 Å². The van der Waals surface area contributed by atoms with E-state index in [-0.39, 0.29) is 13.3 Å². The predicted molar refractivity (Wildman–Crippen MR) is 93.7 cm³/mol. The number of hydrogen-bond acceptors (Lipinski definition) is 6. The molecule has 2 amide bonds. The number of amides is 2. The van der Waals surface area contributed by atoms with Crippen LogP contribution in [0.4, 0.5) is 9.59 Å². The van der Waals surface area contributed by atoms with E-state index in [2.05, 4.69) is 5.43 Å². The number of benzene rings is 1. The lowest BCUT2D eigenvalue weighted by atomic mass is 10.2. The molecular formula is C18H26N2O6. The number of fused-ring (bicyclic) bond motifs is 1. The van der Waals surface area contributed by atoms with Crippen molar-refractivity contribution in [3.8, 4) is 11.5 Å². The molecule has 0 atom stereocenters. The normalized spacial score (nSPS) is 13.2. The van der Waals surface area contributed by atoms with E-state index in [0.29, 0.717) is 11.5 Å². The molecule has 0 fully saturated rings. The molecule has 0 aliphatic carbocycles. The Kier molecular flexibility index (Phi) is 5.53. The highest BCUT2D eigenvalue weighted by atomic mass is 16.7. The molecule has 1 N–H and O–H groups in total. The van der Waals surface area contributed by atoms with Crippen molar-refractivity contribution in [2.45, 2.75) is 59.3 Å². The Bertz CT molecular complexity index is 675. The van der Waals surface area contributed by atoms with Gasteiger partial charge in [0, 0.05) is 0 Å². The van der Waals surface area contributed by atoms with Gasteiger partial charge in [-0.15, -0.1) is 0 Å². The summed E-state index contributed by atoms with van der Waals surface area (Å²) in [4.78, 5) is 24.6. The van der Waals surface area contributed by atoms with E-state index in [1.165, 1.54) is 0 Å². The van der Waals surface area contributed by atoms with Crippen molar-refractivity contribution < 1.29 is 28.5 Å². The summed E-state index contributed by atoms with van der Waals surface area (Å²) in [5, 5.41) is 1.07. The van der Waals surface area contributed by atoms with Crippen LogP contribution in [0.15, 0.2) is 18.2 Å². The maximum absolute atomic E-state index is 12.5. The smallest absolute Gasteiger partial charge is 0.429 e. The molecule has 8 heteroatoms. The second kappa shape index (κ2) is 7.31. The number of carbonyl (C=O) groups excluding carboxylic acids is 2. The number of rotatable bonds is 2. The van der Waals surface area contributed by atoms with Crippen molar-refractivity contribution in [3.05, 3.63) is 23.8 Å². The van der Waals surface area contributed by atoms with Gasteiger partial charge in [0.1, 0.15) is 11.2 Å². The van der Waals surface area contributed by atoms with E-state index in [0.717, 1.165) is 10.6 Å². The van der Waals surface area contributed by atoms with E-state index < -0.39 is 23.4 Å². The molecule has 0 unspecified atom stereocenters. The molecule has 0 saturated heterocycles. The number of hydrazine groups is 1. The van der Waals surface area contributed by atoms with Crippen LogP contribution in [0.2, 0.25) is 0 Å². The van der Waals surface area contributed by atoms with Crippen molar-refractivity contribution in [2.24, 2.45) is 0 Å². The van der Waals surface area contributed by atoms with Crippen molar-refractivity contribution in [1.82, 2.24) is 10.4 Å². The van der Waals surface area contributed by atoms with Gasteiger partial charge in [-0.3, -0.25) is 0 Å². The van der Waals surface area contributed by atoms with Gasteiger partial charge in [0.25, 0.3) is 0 Å². The highest BCUT2D eigenvalue weighted by molar-refractivity contribution is 5.74. The van der Waals surface area contributed by atoms with Crippen LogP contribution in [0, 0.1) is 0 Å². The van der Waals surface area contributed by atoms with Crippen molar-refractivity contribution in [2.75, 3.05) is 6.79 Å². The zero-order chi connectivity index (χ0) is 19.5. The standard InChI is InChI=1S/C18H26N2O6/c1-17(2,3)25-15(21)19-20(16(22)26-18(4,5)6)10-12-7-8-13-14(9-12)24-11-23-13/h7-9H,10-11H2,1-6H3,(H,19,21). The van der Waals surface area contributed by atoms with Gasteiger partial charge in [0.2, 0.25) is 6.79 Å². The van der Waals surface area contributed by atoms with E-state index in [1.807, 2.05) is 0 Å². The number of nitrogens with one attached hydrogen (secondary N) is 1. The fourth-order valence-corrected chi connectivity index (χ4v) is 2.10. The highest BCUT2D eigenvalue weighted by Crippen LogP contribution is 2.32. The minimum atomic E-state index is -0.746. The van der Waals surface area contributed by atoms with Crippen LogP contribution in [0.3, 0.4) is 0 Å². The molecule has 1 heterocycles. The van der Waals surface area contributed by atoms with Crippen LogP contribution in [-0.4, -0.2) is 35.2 Å². The lowest BCUT2D eigenvalue weighted by molar-refractivity contribution is -0.000665. The summed E-state index contributed by atoms with van der Waals surface area (Å²) < 4.78 is 21.2. The largest absolute Gasteiger partial charge is 0.454 e. The third kappa shape index (κ3) is 6.02. The third-order valence-electron chi connectivity index (χ3n) is 3.02. The summed E-state index contributed by atoms with van der Waals surface area (Å²) in [6.07, 6.45) is -1.44. The first-order valence-electron chi connectivity index (χ1n) is 8.32. The summed E-state index contributed by atoms with van der Waals surface area (Å²) in [5.41, 5.74) is 1.77. The number of nitrogens with zero attached hydrogens (tertiary/aromatic N) is 1. The summed E-state index contributed by atoms with van der Waals surface area (Å²) in [7, 11) is 0. The zero-order valence-electron chi connectivity index (χ0n) is 16.0. The van der Waals surface area contributed by atoms with Gasteiger partial charge in [-0.1, -0.05) is 6.07 Å². The molecule has 0 spiro atoms. The molecule has 0 radical (unpaired) electrons. The minimum absolute atomic E-state index is 0.0742. The van der Waals surface area contributed by atoms with Crippen molar-refractivity contribution >= 4 is 12.2 Å². The van der Waals surface area contributed by atoms with Crippen LogP contribution in [-0.2, 0) is 16.0 Å². The first-order chi connectivity index (χ1) is 11.9. The first-order valence-corrected chi connectivity index (χ1v) is 8.32. The summed E-state index contributed by atoms with van der Waals surface area (Å²) in [5.74, 6) is 1.22. The monoisotopic (exact) mass is 366 g/mol. The lowest BCUT2D eigenvalue weighted by Crippen LogP contribution is -2.49. The molecule has 8 nitrogen and oxygen atoms in total. The fraction of sp³-hybridized carbons (Fsp3) is 0.556. The second-order valence-corrected chi connectivity index (χ2v) is 7.87. The van der Waals surface area contributed by atoms with Gasteiger partial charge in [0.05, 0.1) is 6.54 Å². The highest BCUT2D eigenvalue weighted by Gasteiger charge is 2.26. The Labute approximate surface area is 153 Å². The van der Waals surface area contributed by atoms with Crippen molar-refractivity contribution in [3.63, 3.8) is 0 Å². The molecule has 0 bridgehead atoms. The summed E-state index contributed by atoms with van der Waals surface area (Å²) in [6, 6.07) is 5.27. The molecular weight excluding hydrogens is 340 g/mol. The molecule has 144 valence electrons. The SMILES string of the molecule is CC(C)(C)OC(=O)NN(Cc1ccc2c(c1)OCO2)C(=O)OC(C)(C)C. The van der Waals surface area contributed by atoms with E-state index in [9.17, 15) is 9.59 Å². The van der Waals surface area contributed by atoms with Gasteiger partial charge >= 0.3 is 12.2 Å². The molecule has 1 aliphatic rings. The number of hydrogen-bond donors (Lipinski definition) is 1. The summed E-state index contributed by atoms with van der Waals surface area (Å²) in [6.45, 7) is 10.7. The Morgan fingerprint density at radius 3 is 2.27 bits per heavy atom. The minimum Gasteiger partial charge on any atom is -0.454 e. The average molecular weight is 366 g/mol. The van der Waals surface area contributed by atoms with Gasteiger partial charge in [-0.05, 0) is 59.2 Å². The van der Waals surface area contributed by atoms with E-state index >= 15 is 0 Å². The second-order valence-electron chi connectivity index (χ2n) is 7.87. The fourth-order valence-electron chi connectivity index (χ4n) is 2.10. The topological polar surface area (TPSA) is 86.3 Å². The average Bonchev–Trinajstić information content (AvgIpc) is 2.90. The summed E-state index contributed by atoms with van der Waals surface area (Å²) >= 11 is 0. The van der Waals surface area contributed by atoms with Crippen molar-refractivity contribution in [1.29, 1.82) is 0 Å². The van der Waals surface area contributed by atoms with Gasteiger partial charge in [-0.25, -0.2) is 20.0 Å². The molecule has 2 rings (SSSR count). The molecule has 26 heavy (non-hydrogen) atoms. The molecule has 1 aromatic carbocycles.